The van der Waals surface area contributed by atoms with Gasteiger partial charge in [-0.15, -0.1) is 0 Å². The average Bonchev–Trinajstić information content (AvgIpc) is 3.40. The minimum absolute atomic E-state index is 0.466. The van der Waals surface area contributed by atoms with Crippen molar-refractivity contribution in [1.29, 1.82) is 0 Å². The molecule has 0 aliphatic heterocycles. The zero-order chi connectivity index (χ0) is 52.9. The van der Waals surface area contributed by atoms with E-state index in [4.69, 9.17) is 9.47 Å². The van der Waals surface area contributed by atoms with Crippen LogP contribution in [0.4, 0.5) is 34.1 Å². The molecule has 0 saturated carbocycles. The van der Waals surface area contributed by atoms with Gasteiger partial charge in [0.2, 0.25) is 0 Å². The van der Waals surface area contributed by atoms with Gasteiger partial charge in [-0.25, -0.2) is 0 Å². The fourth-order valence-corrected chi connectivity index (χ4v) is 10.4. The van der Waals surface area contributed by atoms with Crippen molar-refractivity contribution in [3.8, 4) is 11.5 Å². The first kappa shape index (κ1) is 49.6. The number of fused-ring (bicyclic) bond motifs is 2. The van der Waals surface area contributed by atoms with Gasteiger partial charge in [0.25, 0.3) is 0 Å². The first-order valence-corrected chi connectivity index (χ1v) is 26.6. The van der Waals surface area contributed by atoms with Crippen LogP contribution in [0.3, 0.4) is 0 Å². The van der Waals surface area contributed by atoms with Gasteiger partial charge in [0.1, 0.15) is 22.7 Å². The highest BCUT2D eigenvalue weighted by Crippen LogP contribution is 2.53. The van der Waals surface area contributed by atoms with E-state index in [1.54, 1.807) is 0 Å². The van der Waals surface area contributed by atoms with E-state index in [2.05, 4.69) is 297 Å². The molecule has 11 aromatic rings. The topological polar surface area (TPSA) is 24.9 Å². The SMILES string of the molecule is Cc1ccc(/C=C/c2ccc(N(c3ccc(C)cc3)c3ccc4c5c(OC(C)(C)C)ccc6c(N(c7ccc(C)cc7)c7ccc(/C=C/c8ccc(C)cc8)cc7)ccc(c7c(OC(C)(C)C)ccc3c47)c65)cc2)cc1. The molecule has 0 N–H and O–H groups in total. The predicted molar refractivity (Wildman–Crippen MR) is 327 cm³/mol. The Balaban J connectivity index is 1.14. The maximum Gasteiger partial charge on any atom is 0.128 e. The number of benzene rings is 11. The maximum absolute atomic E-state index is 7.06. The van der Waals surface area contributed by atoms with E-state index in [-0.39, 0.29) is 0 Å². The summed E-state index contributed by atoms with van der Waals surface area (Å²) in [6.45, 7) is 21.3. The van der Waals surface area contributed by atoms with Gasteiger partial charge in [0.05, 0.1) is 11.4 Å². The molecule has 0 saturated heterocycles. The van der Waals surface area contributed by atoms with Crippen molar-refractivity contribution in [1.82, 2.24) is 0 Å². The third kappa shape index (κ3) is 10.2. The highest BCUT2D eigenvalue weighted by Gasteiger charge is 2.28. The van der Waals surface area contributed by atoms with Crippen molar-refractivity contribution in [3.05, 3.63) is 239 Å². The van der Waals surface area contributed by atoms with Crippen LogP contribution in [0.1, 0.15) is 86.1 Å². The summed E-state index contributed by atoms with van der Waals surface area (Å²) in [5.41, 5.74) is 15.0. The van der Waals surface area contributed by atoms with Gasteiger partial charge in [-0.05, 0) is 187 Å². The quantitative estimate of drug-likeness (QED) is 0.0692. The van der Waals surface area contributed by atoms with E-state index < -0.39 is 11.2 Å². The Morgan fingerprint density at radius 3 is 0.816 bits per heavy atom. The molecule has 11 rings (SSSR count). The molecule has 4 nitrogen and oxygen atoms in total. The Morgan fingerprint density at radius 2 is 0.526 bits per heavy atom. The van der Waals surface area contributed by atoms with Crippen molar-refractivity contribution >= 4 is 102 Å². The van der Waals surface area contributed by atoms with Crippen molar-refractivity contribution in [2.24, 2.45) is 0 Å². The molecule has 76 heavy (non-hydrogen) atoms. The molecular formula is C72H66N2O2. The van der Waals surface area contributed by atoms with Crippen molar-refractivity contribution in [2.75, 3.05) is 9.80 Å². The molecule has 11 aromatic carbocycles. The van der Waals surface area contributed by atoms with Crippen LogP contribution in [0, 0.1) is 27.7 Å². The summed E-state index contributed by atoms with van der Waals surface area (Å²) in [5.74, 6) is 1.69. The largest absolute Gasteiger partial charge is 0.487 e. The predicted octanol–water partition coefficient (Wildman–Crippen LogP) is 20.6. The molecule has 0 spiro atoms. The average molecular weight is 991 g/mol. The van der Waals surface area contributed by atoms with Crippen molar-refractivity contribution in [2.45, 2.75) is 80.4 Å². The van der Waals surface area contributed by atoms with Gasteiger partial charge in [-0.3, -0.25) is 0 Å². The summed E-state index contributed by atoms with van der Waals surface area (Å²) in [4.78, 5) is 4.80. The second kappa shape index (κ2) is 19.9. The molecule has 0 unspecified atom stereocenters. The number of hydrogen-bond acceptors (Lipinski definition) is 4. The first-order chi connectivity index (χ1) is 36.5. The Morgan fingerprint density at radius 1 is 0.276 bits per heavy atom. The van der Waals surface area contributed by atoms with E-state index >= 15 is 0 Å². The summed E-state index contributed by atoms with van der Waals surface area (Å²) >= 11 is 0. The molecule has 0 bridgehead atoms. The summed E-state index contributed by atoms with van der Waals surface area (Å²) in [6, 6.07) is 70.9. The molecule has 0 radical (unpaired) electrons. The van der Waals surface area contributed by atoms with Crippen LogP contribution in [0.25, 0.3) is 67.4 Å². The molecule has 376 valence electrons. The number of anilines is 6. The highest BCUT2D eigenvalue weighted by molar-refractivity contribution is 6.37. The van der Waals surface area contributed by atoms with Crippen molar-refractivity contribution in [3.63, 3.8) is 0 Å². The summed E-state index contributed by atoms with van der Waals surface area (Å²) < 4.78 is 14.1. The fraction of sp³-hybridized carbons (Fsp3) is 0.167. The zero-order valence-corrected chi connectivity index (χ0v) is 45.5. The second-order valence-electron chi connectivity index (χ2n) is 22.4. The van der Waals surface area contributed by atoms with Crippen molar-refractivity contribution < 1.29 is 9.47 Å². The number of hydrogen-bond donors (Lipinski definition) is 0. The van der Waals surface area contributed by atoms with Gasteiger partial charge >= 0.3 is 0 Å². The minimum atomic E-state index is -0.466. The van der Waals surface area contributed by atoms with Gasteiger partial charge < -0.3 is 19.3 Å². The van der Waals surface area contributed by atoms with E-state index in [1.165, 1.54) is 33.4 Å². The van der Waals surface area contributed by atoms with Gasteiger partial charge in [-0.1, -0.05) is 156 Å². The van der Waals surface area contributed by atoms with Crippen LogP contribution in [0.15, 0.2) is 194 Å². The van der Waals surface area contributed by atoms with E-state index in [0.717, 1.165) is 99.8 Å². The lowest BCUT2D eigenvalue weighted by molar-refractivity contribution is 0.132. The Hall–Kier alpha value is -8.60. The first-order valence-electron chi connectivity index (χ1n) is 26.6. The second-order valence-corrected chi connectivity index (χ2v) is 22.4. The molecule has 0 amide bonds. The van der Waals surface area contributed by atoms with Crippen LogP contribution < -0.4 is 19.3 Å². The number of rotatable bonds is 12. The fourth-order valence-electron chi connectivity index (χ4n) is 10.4. The lowest BCUT2D eigenvalue weighted by Crippen LogP contribution is -2.23. The number of ether oxygens (including phenoxy) is 2. The Labute approximate surface area is 449 Å². The summed E-state index contributed by atoms with van der Waals surface area (Å²) in [5, 5.41) is 8.86. The molecule has 0 aromatic heterocycles. The lowest BCUT2D eigenvalue weighted by Gasteiger charge is -2.31. The third-order valence-corrected chi connectivity index (χ3v) is 14.1. The summed E-state index contributed by atoms with van der Waals surface area (Å²) in [6.07, 6.45) is 8.73. The van der Waals surface area contributed by atoms with Crippen LogP contribution in [0.5, 0.6) is 11.5 Å². The van der Waals surface area contributed by atoms with Gasteiger partial charge in [0.15, 0.2) is 0 Å². The minimum Gasteiger partial charge on any atom is -0.487 e. The van der Waals surface area contributed by atoms with E-state index in [0.29, 0.717) is 0 Å². The molecule has 4 heteroatoms. The normalized spacial score (nSPS) is 12.2. The zero-order valence-electron chi connectivity index (χ0n) is 45.5. The highest BCUT2D eigenvalue weighted by atomic mass is 16.5. The van der Waals surface area contributed by atoms with Crippen LogP contribution >= 0.6 is 0 Å². The van der Waals surface area contributed by atoms with E-state index in [9.17, 15) is 0 Å². The molecule has 0 aliphatic carbocycles. The van der Waals surface area contributed by atoms with Gasteiger partial charge in [0, 0.05) is 55.1 Å². The number of nitrogens with zero attached hydrogens (tertiary/aromatic N) is 2. The Bertz CT molecular complexity index is 3670. The third-order valence-electron chi connectivity index (χ3n) is 14.1. The maximum atomic E-state index is 7.06. The van der Waals surface area contributed by atoms with Crippen LogP contribution in [-0.2, 0) is 0 Å². The van der Waals surface area contributed by atoms with E-state index in [1.807, 2.05) is 0 Å². The standard InChI is InChI=1S/C72H66N2O2/c1-47-11-19-51(20-12-47)23-25-53-27-35-57(36-28-53)73(55-31-15-49(3)16-32-55)63-43-39-61-67-59(63)41-45-65(75-71(5,6)7)69(67)62-40-44-64(60-42-46-66(70(61)68(60)62)76-72(8,9)10)74(56-33-17-50(4)18-34-56)58-37-29-54(30-38-58)26-24-52-21-13-48(2)14-22-52/h11-46H,1-10H3/b25-23+,26-24+. The number of aryl methyl sites for hydroxylation is 4. The monoisotopic (exact) mass is 991 g/mol. The Kier molecular flexibility index (Phi) is 13.0. The lowest BCUT2D eigenvalue weighted by atomic mass is 9.87. The molecule has 0 fully saturated rings. The van der Waals surface area contributed by atoms with Crippen LogP contribution in [-0.4, -0.2) is 11.2 Å². The smallest absolute Gasteiger partial charge is 0.128 e. The molecule has 0 atom stereocenters. The molecule has 0 heterocycles. The summed E-state index contributed by atoms with van der Waals surface area (Å²) in [7, 11) is 0. The molecular weight excluding hydrogens is 925 g/mol. The molecule has 0 aliphatic rings. The van der Waals surface area contributed by atoms with Gasteiger partial charge in [-0.2, -0.15) is 0 Å². The van der Waals surface area contributed by atoms with Crippen LogP contribution in [0.2, 0.25) is 0 Å².